The molecule has 0 aliphatic heterocycles. The Morgan fingerprint density at radius 2 is 1.31 bits per heavy atom. The smallest absolute Gasteiger partial charge is 0.269 e. The van der Waals surface area contributed by atoms with E-state index >= 15 is 0 Å². The second kappa shape index (κ2) is 8.19. The van der Waals surface area contributed by atoms with Crippen LogP contribution in [0.3, 0.4) is 0 Å². The average Bonchev–Trinajstić information content (AvgIpc) is 3.24. The average molecular weight is 456 g/mol. The summed E-state index contributed by atoms with van der Waals surface area (Å²) in [5.41, 5.74) is 5.08. The Morgan fingerprint density at radius 3 is 1.58 bits per heavy atom. The van der Waals surface area contributed by atoms with Crippen molar-refractivity contribution in [1.29, 1.82) is 0 Å². The molecule has 0 nitrogen and oxygen atoms in total. The second-order valence-corrected chi connectivity index (χ2v) is 32.8. The Hall–Kier alpha value is -0.600. The minimum atomic E-state index is -2.79. The molecule has 26 heavy (non-hydrogen) atoms. The number of rotatable bonds is 4. The summed E-state index contributed by atoms with van der Waals surface area (Å²) in [6.45, 7) is 17.5. The molecule has 0 N–H and O–H groups in total. The van der Waals surface area contributed by atoms with Gasteiger partial charge < -0.3 is 0 Å². The minimum Gasteiger partial charge on any atom is -0.269 e. The standard InChI is InChI=1S/C10H15.2C5H5.C2H7Si.2FH.Zr/c1-7-6-10(4,5)9(3)8(7)2;2*1-2-4-5-3-1;1-3-2;;;/h1-5H3;2*1-3H,4H2;3H,1-2H3;2*1H;. The van der Waals surface area contributed by atoms with Crippen LogP contribution in [0.4, 0.5) is 9.41 Å². The Morgan fingerprint density at radius 1 is 0.846 bits per heavy atom. The van der Waals surface area contributed by atoms with Gasteiger partial charge in [0.25, 0.3) is 0 Å². The van der Waals surface area contributed by atoms with Crippen molar-refractivity contribution in [3.05, 3.63) is 63.0 Å². The molecule has 144 valence electrons. The number of allylic oxidation sites excluding steroid dienone is 12. The maximum atomic E-state index is 2.65. The van der Waals surface area contributed by atoms with Gasteiger partial charge in [0.15, 0.2) is 0 Å². The van der Waals surface area contributed by atoms with Crippen LogP contribution in [-0.4, -0.2) is 5.92 Å². The van der Waals surface area contributed by atoms with E-state index in [1.165, 1.54) is 12.8 Å². The molecule has 0 aromatic rings. The molecule has 0 spiro atoms. The fraction of sp³-hybridized carbons (Fsp3) is 0.455. The van der Waals surface area contributed by atoms with Gasteiger partial charge in [0.1, 0.15) is 0 Å². The molecule has 0 atom stereocenters. The van der Waals surface area contributed by atoms with Gasteiger partial charge in [-0.1, -0.05) is 0 Å². The van der Waals surface area contributed by atoms with E-state index in [-0.39, 0.29) is 14.8 Å². The van der Waals surface area contributed by atoms with E-state index in [2.05, 4.69) is 84.2 Å². The summed E-state index contributed by atoms with van der Waals surface area (Å²) in [5, 5.41) is 0. The Bertz CT molecular complexity index is 731. The molecule has 0 radical (unpaired) electrons. The quantitative estimate of drug-likeness (QED) is 0.410. The van der Waals surface area contributed by atoms with Crippen molar-refractivity contribution >= 4 is 5.92 Å². The fourth-order valence-electron chi connectivity index (χ4n) is 5.42. The summed E-state index contributed by atoms with van der Waals surface area (Å²) in [6, 6.07) is 0. The molecule has 0 aromatic carbocycles. The van der Waals surface area contributed by atoms with Crippen molar-refractivity contribution in [2.75, 3.05) is 0 Å². The van der Waals surface area contributed by atoms with Crippen LogP contribution in [0.15, 0.2) is 63.0 Å². The first-order valence-corrected chi connectivity index (χ1v) is 20.2. The van der Waals surface area contributed by atoms with E-state index in [4.69, 9.17) is 0 Å². The Kier molecular flexibility index (Phi) is 7.38. The van der Waals surface area contributed by atoms with Crippen LogP contribution in [0.5, 0.6) is 0 Å². The summed E-state index contributed by atoms with van der Waals surface area (Å²) < 4.78 is 5.62. The van der Waals surface area contributed by atoms with Crippen LogP contribution in [-0.2, 0) is 19.4 Å². The zero-order valence-corrected chi connectivity index (χ0v) is 20.9. The Labute approximate surface area is 163 Å². The SMILES string of the molecule is CC1=C(C)C(C)(C)[C]([Zr]([C]2=CC=CC2)([C]2=CC=CC2)[SiH](C)C)=C1C.F.F. The summed E-state index contributed by atoms with van der Waals surface area (Å²) in [5.74, 6) is -0.847. The number of hydrogen-bond acceptors (Lipinski definition) is 0. The molecule has 0 bridgehead atoms. The van der Waals surface area contributed by atoms with Crippen LogP contribution >= 0.6 is 0 Å². The van der Waals surface area contributed by atoms with Crippen molar-refractivity contribution in [3.63, 3.8) is 0 Å². The number of hydrogen-bond donors (Lipinski definition) is 0. The first-order chi connectivity index (χ1) is 11.3. The zero-order valence-electron chi connectivity index (χ0n) is 17.3. The van der Waals surface area contributed by atoms with Crippen molar-refractivity contribution in [2.24, 2.45) is 5.41 Å². The van der Waals surface area contributed by atoms with Crippen molar-refractivity contribution in [3.8, 4) is 0 Å². The molecule has 0 unspecified atom stereocenters. The third kappa shape index (κ3) is 3.11. The van der Waals surface area contributed by atoms with Crippen molar-refractivity contribution in [2.45, 2.75) is 60.6 Å². The molecule has 0 fully saturated rings. The molecular weight excluding hydrogens is 422 g/mol. The molecule has 4 heteroatoms. The normalized spacial score (nSPS) is 21.2. The molecule has 0 saturated carbocycles. The van der Waals surface area contributed by atoms with Crippen molar-refractivity contribution < 1.29 is 28.8 Å². The first kappa shape index (κ1) is 23.4. The van der Waals surface area contributed by atoms with Gasteiger partial charge in [-0.2, -0.15) is 0 Å². The number of halogens is 2. The van der Waals surface area contributed by atoms with Crippen LogP contribution < -0.4 is 0 Å². The maximum absolute atomic E-state index is 2.79. The van der Waals surface area contributed by atoms with Crippen LogP contribution in [0.1, 0.15) is 47.5 Å². The van der Waals surface area contributed by atoms with Gasteiger partial charge in [-0.05, 0) is 0 Å². The molecule has 0 saturated heterocycles. The molecule has 0 aromatic heterocycles. The van der Waals surface area contributed by atoms with E-state index < -0.39 is 25.4 Å². The summed E-state index contributed by atoms with van der Waals surface area (Å²) in [4.78, 5) is 0. The van der Waals surface area contributed by atoms with E-state index in [0.717, 1.165) is 0 Å². The minimum absolute atomic E-state index is 0. The van der Waals surface area contributed by atoms with E-state index in [0.29, 0.717) is 0 Å². The first-order valence-electron chi connectivity index (χ1n) is 9.38. The summed E-state index contributed by atoms with van der Waals surface area (Å²) in [7, 11) is 0. The van der Waals surface area contributed by atoms with Gasteiger partial charge >= 0.3 is 154 Å². The van der Waals surface area contributed by atoms with E-state index in [1.807, 2.05) is 9.84 Å². The Balaban J connectivity index is 0.00000169. The van der Waals surface area contributed by atoms with Crippen LogP contribution in [0, 0.1) is 5.41 Å². The fourth-order valence-corrected chi connectivity index (χ4v) is 39.9. The third-order valence-corrected chi connectivity index (χ3v) is 38.7. The predicted molar refractivity (Wildman–Crippen MR) is 112 cm³/mol. The van der Waals surface area contributed by atoms with Gasteiger partial charge in [0, 0.05) is 0 Å². The van der Waals surface area contributed by atoms with Gasteiger partial charge in [-0.15, -0.1) is 0 Å². The summed E-state index contributed by atoms with van der Waals surface area (Å²) >= 11 is -2.79. The summed E-state index contributed by atoms with van der Waals surface area (Å²) in [6.07, 6.45) is 16.9. The molecule has 3 aliphatic carbocycles. The largest absolute Gasteiger partial charge is 0.269 e. The van der Waals surface area contributed by atoms with E-state index in [1.54, 1.807) is 16.7 Å². The van der Waals surface area contributed by atoms with E-state index in [9.17, 15) is 0 Å². The zero-order chi connectivity index (χ0) is 17.7. The van der Waals surface area contributed by atoms with Crippen LogP contribution in [0.2, 0.25) is 13.1 Å². The van der Waals surface area contributed by atoms with Crippen LogP contribution in [0.25, 0.3) is 0 Å². The van der Waals surface area contributed by atoms with Gasteiger partial charge in [0.05, 0.1) is 0 Å². The molecular formula is C22H34F2SiZr. The van der Waals surface area contributed by atoms with Gasteiger partial charge in [-0.3, -0.25) is 9.41 Å². The predicted octanol–water partition coefficient (Wildman–Crippen LogP) is 6.77. The van der Waals surface area contributed by atoms with Crippen molar-refractivity contribution in [1.82, 2.24) is 0 Å². The van der Waals surface area contributed by atoms with Gasteiger partial charge in [0.2, 0.25) is 0 Å². The monoisotopic (exact) mass is 454 g/mol. The molecule has 0 amide bonds. The molecule has 0 heterocycles. The topological polar surface area (TPSA) is 0 Å². The second-order valence-electron chi connectivity index (χ2n) is 8.49. The molecule has 3 aliphatic rings. The molecule has 3 rings (SSSR count). The van der Waals surface area contributed by atoms with Gasteiger partial charge in [-0.25, -0.2) is 0 Å². The third-order valence-electron chi connectivity index (χ3n) is 6.88. The maximum Gasteiger partial charge on any atom is -0.269 e.